The third kappa shape index (κ3) is 2.47. The van der Waals surface area contributed by atoms with Crippen LogP contribution in [0.1, 0.15) is 24.3 Å². The van der Waals surface area contributed by atoms with E-state index in [1.54, 1.807) is 0 Å². The van der Waals surface area contributed by atoms with Crippen molar-refractivity contribution in [3.63, 3.8) is 0 Å². The van der Waals surface area contributed by atoms with E-state index >= 15 is 0 Å². The Kier molecular flexibility index (Phi) is 3.34. The Hall–Kier alpha value is -0.230. The number of nitrogens with zero attached hydrogens (tertiary/aromatic N) is 4. The molecule has 94 valence electrons. The van der Waals surface area contributed by atoms with Crippen LogP contribution in [0.25, 0.3) is 0 Å². The van der Waals surface area contributed by atoms with Crippen molar-refractivity contribution >= 4 is 22.9 Å². The lowest BCUT2D eigenvalue weighted by molar-refractivity contribution is 0.214. The van der Waals surface area contributed by atoms with Crippen molar-refractivity contribution in [3.8, 4) is 0 Å². The molecular formula is C11H17ClN4S. The van der Waals surface area contributed by atoms with Crippen LogP contribution in [0, 0.1) is 0 Å². The minimum absolute atomic E-state index is 0.550. The predicted molar refractivity (Wildman–Crippen MR) is 69.4 cm³/mol. The summed E-state index contributed by atoms with van der Waals surface area (Å²) in [4.78, 5) is 5.06. The van der Waals surface area contributed by atoms with Gasteiger partial charge in [-0.05, 0) is 37.9 Å². The monoisotopic (exact) mass is 272 g/mol. The molecule has 0 radical (unpaired) electrons. The Labute approximate surface area is 111 Å². The standard InChI is InChI=1S/C11H17ClN4S/c1-15-8-2-3-9(15)6-16(5-4-8)7-10-13-14-11(12)17-10/h8-9H,2-7H2,1H3. The summed E-state index contributed by atoms with van der Waals surface area (Å²) in [5.74, 6) is 0. The smallest absolute Gasteiger partial charge is 0.207 e. The number of rotatable bonds is 2. The second-order valence-corrected chi connectivity index (χ2v) is 6.67. The lowest BCUT2D eigenvalue weighted by atomic mass is 10.1. The van der Waals surface area contributed by atoms with Crippen molar-refractivity contribution < 1.29 is 0 Å². The maximum atomic E-state index is 5.81. The fourth-order valence-electron chi connectivity index (χ4n) is 3.01. The molecule has 4 nitrogen and oxygen atoms in total. The quantitative estimate of drug-likeness (QED) is 0.823. The number of likely N-dealkylation sites (N-methyl/N-ethyl adjacent to an activating group) is 1. The van der Waals surface area contributed by atoms with E-state index < -0.39 is 0 Å². The van der Waals surface area contributed by atoms with Crippen LogP contribution >= 0.6 is 22.9 Å². The second kappa shape index (κ2) is 4.80. The van der Waals surface area contributed by atoms with Crippen LogP contribution in [0.2, 0.25) is 4.47 Å². The maximum absolute atomic E-state index is 5.81. The highest BCUT2D eigenvalue weighted by molar-refractivity contribution is 7.15. The van der Waals surface area contributed by atoms with Gasteiger partial charge in [0.25, 0.3) is 0 Å². The minimum Gasteiger partial charge on any atom is -0.299 e. The van der Waals surface area contributed by atoms with Crippen LogP contribution in [-0.4, -0.2) is 52.2 Å². The van der Waals surface area contributed by atoms with Gasteiger partial charge in [-0.15, -0.1) is 10.2 Å². The van der Waals surface area contributed by atoms with Crippen LogP contribution in [0.5, 0.6) is 0 Å². The first-order valence-corrected chi connectivity index (χ1v) is 7.34. The summed E-state index contributed by atoms with van der Waals surface area (Å²) in [6.07, 6.45) is 3.99. The third-order valence-electron chi connectivity index (χ3n) is 4.03. The van der Waals surface area contributed by atoms with E-state index in [1.807, 2.05) is 0 Å². The van der Waals surface area contributed by atoms with E-state index in [1.165, 1.54) is 37.1 Å². The first-order chi connectivity index (χ1) is 8.22. The number of halogens is 1. The van der Waals surface area contributed by atoms with Gasteiger partial charge in [0.05, 0.1) is 6.54 Å². The first kappa shape index (κ1) is 11.8. The molecule has 3 rings (SSSR count). The summed E-state index contributed by atoms with van der Waals surface area (Å²) in [7, 11) is 2.27. The van der Waals surface area contributed by atoms with Gasteiger partial charge in [-0.3, -0.25) is 9.80 Å². The lowest BCUT2D eigenvalue weighted by Crippen LogP contribution is -2.36. The SMILES string of the molecule is CN1C2CCC1CN(Cc1nnc(Cl)s1)CC2. The Morgan fingerprint density at radius 1 is 1.29 bits per heavy atom. The van der Waals surface area contributed by atoms with E-state index in [0.717, 1.165) is 30.2 Å². The number of likely N-dealkylation sites (tertiary alicyclic amines) is 1. The Bertz CT molecular complexity index is 397. The molecule has 2 bridgehead atoms. The van der Waals surface area contributed by atoms with Crippen molar-refractivity contribution in [2.45, 2.75) is 37.9 Å². The van der Waals surface area contributed by atoms with Crippen molar-refractivity contribution in [1.29, 1.82) is 0 Å². The molecule has 2 fully saturated rings. The Morgan fingerprint density at radius 3 is 2.88 bits per heavy atom. The Balaban J connectivity index is 1.65. The Morgan fingerprint density at radius 2 is 2.12 bits per heavy atom. The van der Waals surface area contributed by atoms with Crippen LogP contribution < -0.4 is 0 Å². The summed E-state index contributed by atoms with van der Waals surface area (Å²) >= 11 is 7.31. The van der Waals surface area contributed by atoms with Gasteiger partial charge in [0.1, 0.15) is 5.01 Å². The number of hydrogen-bond donors (Lipinski definition) is 0. The van der Waals surface area contributed by atoms with Gasteiger partial charge in [-0.25, -0.2) is 0 Å². The van der Waals surface area contributed by atoms with Crippen LogP contribution in [0.15, 0.2) is 0 Å². The van der Waals surface area contributed by atoms with Gasteiger partial charge in [0, 0.05) is 25.2 Å². The zero-order valence-electron chi connectivity index (χ0n) is 9.97. The summed E-state index contributed by atoms with van der Waals surface area (Å²) in [5.41, 5.74) is 0. The summed E-state index contributed by atoms with van der Waals surface area (Å²) in [6, 6.07) is 1.52. The molecule has 0 N–H and O–H groups in total. The molecule has 0 spiro atoms. The molecule has 2 unspecified atom stereocenters. The van der Waals surface area contributed by atoms with Gasteiger partial charge in [0.15, 0.2) is 0 Å². The summed E-state index contributed by atoms with van der Waals surface area (Å²) in [6.45, 7) is 3.23. The molecule has 17 heavy (non-hydrogen) atoms. The van der Waals surface area contributed by atoms with E-state index in [9.17, 15) is 0 Å². The molecule has 1 aromatic heterocycles. The molecule has 2 aliphatic heterocycles. The van der Waals surface area contributed by atoms with Crippen LogP contribution in [-0.2, 0) is 6.54 Å². The molecular weight excluding hydrogens is 256 g/mol. The van der Waals surface area contributed by atoms with Crippen molar-refractivity contribution in [2.24, 2.45) is 0 Å². The zero-order valence-corrected chi connectivity index (χ0v) is 11.5. The third-order valence-corrected chi connectivity index (χ3v) is 5.04. The molecule has 3 heterocycles. The van der Waals surface area contributed by atoms with Gasteiger partial charge in [-0.1, -0.05) is 11.3 Å². The highest BCUT2D eigenvalue weighted by atomic mass is 35.5. The fraction of sp³-hybridized carbons (Fsp3) is 0.818. The zero-order chi connectivity index (χ0) is 11.8. The number of aromatic nitrogens is 2. The van der Waals surface area contributed by atoms with E-state index in [0.29, 0.717) is 4.47 Å². The van der Waals surface area contributed by atoms with E-state index in [-0.39, 0.29) is 0 Å². The first-order valence-electron chi connectivity index (χ1n) is 6.14. The molecule has 2 aliphatic rings. The van der Waals surface area contributed by atoms with Crippen LogP contribution in [0.3, 0.4) is 0 Å². The molecule has 0 amide bonds. The average Bonchev–Trinajstić information content (AvgIpc) is 2.77. The molecule has 1 aromatic rings. The summed E-state index contributed by atoms with van der Waals surface area (Å²) < 4.78 is 0.550. The molecule has 6 heteroatoms. The largest absolute Gasteiger partial charge is 0.299 e. The lowest BCUT2D eigenvalue weighted by Gasteiger charge is -2.24. The van der Waals surface area contributed by atoms with E-state index in [2.05, 4.69) is 27.0 Å². The minimum atomic E-state index is 0.550. The highest BCUT2D eigenvalue weighted by Gasteiger charge is 2.34. The molecule has 0 aliphatic carbocycles. The summed E-state index contributed by atoms with van der Waals surface area (Å²) in [5, 5.41) is 9.01. The van der Waals surface area contributed by atoms with Crippen molar-refractivity contribution in [3.05, 3.63) is 9.47 Å². The van der Waals surface area contributed by atoms with Crippen molar-refractivity contribution in [1.82, 2.24) is 20.0 Å². The maximum Gasteiger partial charge on any atom is 0.207 e. The number of hydrogen-bond acceptors (Lipinski definition) is 5. The van der Waals surface area contributed by atoms with E-state index in [4.69, 9.17) is 11.6 Å². The van der Waals surface area contributed by atoms with Gasteiger partial charge in [-0.2, -0.15) is 0 Å². The topological polar surface area (TPSA) is 32.3 Å². The fourth-order valence-corrected chi connectivity index (χ4v) is 3.92. The normalized spacial score (nSPS) is 30.7. The predicted octanol–water partition coefficient (Wildman–Crippen LogP) is 1.86. The van der Waals surface area contributed by atoms with Gasteiger partial charge >= 0.3 is 0 Å². The number of fused-ring (bicyclic) bond motifs is 2. The highest BCUT2D eigenvalue weighted by Crippen LogP contribution is 2.29. The molecule has 2 saturated heterocycles. The molecule has 2 atom stereocenters. The molecule has 0 saturated carbocycles. The second-order valence-electron chi connectivity index (χ2n) is 5.02. The molecule has 0 aromatic carbocycles. The average molecular weight is 273 g/mol. The van der Waals surface area contributed by atoms with Gasteiger partial charge < -0.3 is 0 Å². The van der Waals surface area contributed by atoms with Gasteiger partial charge in [0.2, 0.25) is 4.47 Å². The van der Waals surface area contributed by atoms with Crippen molar-refractivity contribution in [2.75, 3.05) is 20.1 Å². The van der Waals surface area contributed by atoms with Crippen LogP contribution in [0.4, 0.5) is 0 Å².